The van der Waals surface area contributed by atoms with Crippen LogP contribution in [0.15, 0.2) is 12.1 Å². The first-order valence-corrected chi connectivity index (χ1v) is 6.76. The molecule has 0 saturated carbocycles. The van der Waals surface area contributed by atoms with Crippen LogP contribution in [0.25, 0.3) is 0 Å². The lowest BCUT2D eigenvalue weighted by Crippen LogP contribution is -2.32. The number of hydrogen-bond acceptors (Lipinski definition) is 2. The normalized spacial score (nSPS) is 19.4. The van der Waals surface area contributed by atoms with Gasteiger partial charge in [0, 0.05) is 12.5 Å². The van der Waals surface area contributed by atoms with Crippen molar-refractivity contribution in [1.29, 1.82) is 0 Å². The number of hydrogen-bond donors (Lipinski definition) is 2. The first kappa shape index (κ1) is 13.7. The second kappa shape index (κ2) is 5.47. The van der Waals surface area contributed by atoms with Gasteiger partial charge in [-0.05, 0) is 37.0 Å². The molecule has 1 aromatic carbocycles. The van der Waals surface area contributed by atoms with Gasteiger partial charge in [0.2, 0.25) is 5.91 Å². The Hall–Kier alpha value is -0.770. The van der Waals surface area contributed by atoms with Gasteiger partial charge in [-0.25, -0.2) is 0 Å². The summed E-state index contributed by atoms with van der Waals surface area (Å²) in [7, 11) is 0. The average Bonchev–Trinajstić information content (AvgIpc) is 2.66. The maximum atomic E-state index is 11.7. The van der Waals surface area contributed by atoms with Crippen LogP contribution in [0.5, 0.6) is 0 Å². The molecule has 18 heavy (non-hydrogen) atoms. The molecule has 2 unspecified atom stereocenters. The molecular weight excluding hydrogens is 271 g/mol. The first-order chi connectivity index (χ1) is 8.49. The number of nitrogens with one attached hydrogen (secondary N) is 1. The van der Waals surface area contributed by atoms with Gasteiger partial charge < -0.3 is 11.1 Å². The quantitative estimate of drug-likeness (QED) is 0.898. The van der Waals surface area contributed by atoms with E-state index in [1.165, 1.54) is 0 Å². The number of halogens is 2. The van der Waals surface area contributed by atoms with Crippen molar-refractivity contribution in [1.82, 2.24) is 5.32 Å². The third-order valence-electron chi connectivity index (χ3n) is 3.13. The highest BCUT2D eigenvalue weighted by Crippen LogP contribution is 2.39. The molecule has 1 amide bonds. The van der Waals surface area contributed by atoms with Crippen molar-refractivity contribution < 1.29 is 4.79 Å². The fourth-order valence-electron chi connectivity index (χ4n) is 2.33. The first-order valence-electron chi connectivity index (χ1n) is 6.00. The van der Waals surface area contributed by atoms with Crippen molar-refractivity contribution in [2.24, 2.45) is 5.73 Å². The zero-order valence-corrected chi connectivity index (χ0v) is 11.7. The van der Waals surface area contributed by atoms with Crippen molar-refractivity contribution in [3.05, 3.63) is 33.3 Å². The largest absolute Gasteiger partial charge is 0.349 e. The molecule has 2 rings (SSSR count). The third-order valence-corrected chi connectivity index (χ3v) is 3.98. The highest BCUT2D eigenvalue weighted by atomic mass is 35.5. The van der Waals surface area contributed by atoms with Gasteiger partial charge in [0.25, 0.3) is 0 Å². The summed E-state index contributed by atoms with van der Waals surface area (Å²) in [6.45, 7) is 1.82. The monoisotopic (exact) mass is 286 g/mol. The van der Waals surface area contributed by atoms with E-state index in [-0.39, 0.29) is 18.0 Å². The summed E-state index contributed by atoms with van der Waals surface area (Å²) in [6, 6.07) is 3.62. The predicted octanol–water partition coefficient (Wildman–Crippen LogP) is 2.83. The summed E-state index contributed by atoms with van der Waals surface area (Å²) in [6.07, 6.45) is 2.05. The van der Waals surface area contributed by atoms with Gasteiger partial charge in [-0.2, -0.15) is 0 Å². The Morgan fingerprint density at radius 2 is 2.28 bits per heavy atom. The fourth-order valence-corrected chi connectivity index (χ4v) is 2.77. The minimum absolute atomic E-state index is 0.0195. The van der Waals surface area contributed by atoms with Gasteiger partial charge in [-0.3, -0.25) is 4.79 Å². The van der Waals surface area contributed by atoms with Crippen LogP contribution in [0.4, 0.5) is 0 Å². The highest BCUT2D eigenvalue weighted by molar-refractivity contribution is 6.42. The lowest BCUT2D eigenvalue weighted by molar-refractivity contribution is -0.122. The standard InChI is InChI=1S/C13H16Cl2N2O/c1-7(16)6-12(18)17-11-5-3-9-8(11)2-4-10(14)13(9)15/h2,4,7,11H,3,5-6,16H2,1H3,(H,17,18). The Kier molecular flexibility index (Phi) is 4.15. The van der Waals surface area contributed by atoms with Crippen LogP contribution in [-0.2, 0) is 11.2 Å². The highest BCUT2D eigenvalue weighted by Gasteiger charge is 2.26. The average molecular weight is 287 g/mol. The zero-order chi connectivity index (χ0) is 13.3. The number of rotatable bonds is 3. The van der Waals surface area contributed by atoms with Gasteiger partial charge in [0.15, 0.2) is 0 Å². The number of fused-ring (bicyclic) bond motifs is 1. The van der Waals surface area contributed by atoms with E-state index in [9.17, 15) is 4.79 Å². The minimum Gasteiger partial charge on any atom is -0.349 e. The number of amides is 1. The molecular formula is C13H16Cl2N2O. The maximum absolute atomic E-state index is 11.7. The van der Waals surface area contributed by atoms with Gasteiger partial charge in [0.1, 0.15) is 0 Å². The number of carbonyl (C=O) groups excluding carboxylic acids is 1. The molecule has 0 bridgehead atoms. The summed E-state index contributed by atoms with van der Waals surface area (Å²) >= 11 is 12.1. The molecule has 0 aliphatic heterocycles. The molecule has 0 aromatic heterocycles. The summed E-state index contributed by atoms with van der Waals surface area (Å²) < 4.78 is 0. The minimum atomic E-state index is -0.125. The van der Waals surface area contributed by atoms with E-state index in [2.05, 4.69) is 5.32 Å². The van der Waals surface area contributed by atoms with Gasteiger partial charge in [-0.1, -0.05) is 29.3 Å². The van der Waals surface area contributed by atoms with E-state index < -0.39 is 0 Å². The Balaban J connectivity index is 2.13. The Bertz CT molecular complexity index is 474. The summed E-state index contributed by atoms with van der Waals surface area (Å²) in [5.74, 6) is -0.0195. The zero-order valence-electron chi connectivity index (χ0n) is 10.2. The molecule has 0 fully saturated rings. The Morgan fingerprint density at radius 1 is 1.56 bits per heavy atom. The smallest absolute Gasteiger partial charge is 0.222 e. The molecule has 0 saturated heterocycles. The van der Waals surface area contributed by atoms with Crippen molar-refractivity contribution in [3.8, 4) is 0 Å². The van der Waals surface area contributed by atoms with E-state index in [0.29, 0.717) is 16.5 Å². The molecule has 0 spiro atoms. The SMILES string of the molecule is CC(N)CC(=O)NC1CCc2c1ccc(Cl)c2Cl. The molecule has 1 aliphatic rings. The fraction of sp³-hybridized carbons (Fsp3) is 0.462. The van der Waals surface area contributed by atoms with Crippen molar-refractivity contribution in [2.45, 2.75) is 38.3 Å². The summed E-state index contributed by atoms with van der Waals surface area (Å²) in [4.78, 5) is 11.7. The van der Waals surface area contributed by atoms with Crippen molar-refractivity contribution >= 4 is 29.1 Å². The van der Waals surface area contributed by atoms with Crippen LogP contribution >= 0.6 is 23.2 Å². The van der Waals surface area contributed by atoms with Crippen molar-refractivity contribution in [3.63, 3.8) is 0 Å². The van der Waals surface area contributed by atoms with E-state index in [1.54, 1.807) is 6.07 Å². The molecule has 3 nitrogen and oxygen atoms in total. The summed E-state index contributed by atoms with van der Waals surface area (Å²) in [5, 5.41) is 4.17. The second-order valence-corrected chi connectivity index (χ2v) is 5.55. The van der Waals surface area contributed by atoms with Gasteiger partial charge in [-0.15, -0.1) is 0 Å². The lowest BCUT2D eigenvalue weighted by Gasteiger charge is -2.15. The molecule has 5 heteroatoms. The van der Waals surface area contributed by atoms with Crippen LogP contribution in [0.3, 0.4) is 0 Å². The molecule has 1 aliphatic carbocycles. The molecule has 98 valence electrons. The number of carbonyl (C=O) groups is 1. The third kappa shape index (κ3) is 2.79. The lowest BCUT2D eigenvalue weighted by atomic mass is 10.1. The van der Waals surface area contributed by atoms with Crippen LogP contribution in [0, 0.1) is 0 Å². The molecule has 2 atom stereocenters. The van der Waals surface area contributed by atoms with E-state index >= 15 is 0 Å². The topological polar surface area (TPSA) is 55.1 Å². The number of nitrogens with two attached hydrogens (primary N) is 1. The number of benzene rings is 1. The van der Waals surface area contributed by atoms with Gasteiger partial charge in [0.05, 0.1) is 16.1 Å². The molecule has 0 heterocycles. The van der Waals surface area contributed by atoms with E-state index in [4.69, 9.17) is 28.9 Å². The van der Waals surface area contributed by atoms with Crippen LogP contribution in [0.2, 0.25) is 10.0 Å². The van der Waals surface area contributed by atoms with Crippen LogP contribution in [0.1, 0.15) is 36.9 Å². The van der Waals surface area contributed by atoms with E-state index in [0.717, 1.165) is 24.0 Å². The molecule has 3 N–H and O–H groups in total. The Labute approximate surface area is 117 Å². The predicted molar refractivity (Wildman–Crippen MR) is 73.9 cm³/mol. The van der Waals surface area contributed by atoms with Crippen molar-refractivity contribution in [2.75, 3.05) is 0 Å². The Morgan fingerprint density at radius 3 is 2.94 bits per heavy atom. The second-order valence-electron chi connectivity index (χ2n) is 4.77. The molecule has 0 radical (unpaired) electrons. The van der Waals surface area contributed by atoms with Crippen LogP contribution < -0.4 is 11.1 Å². The van der Waals surface area contributed by atoms with Gasteiger partial charge >= 0.3 is 0 Å². The molecule has 1 aromatic rings. The van der Waals surface area contributed by atoms with Crippen LogP contribution in [-0.4, -0.2) is 11.9 Å². The van der Waals surface area contributed by atoms with E-state index in [1.807, 2.05) is 13.0 Å². The summed E-state index contributed by atoms with van der Waals surface area (Å²) in [5.41, 5.74) is 7.73. The maximum Gasteiger partial charge on any atom is 0.222 e.